The van der Waals surface area contributed by atoms with E-state index in [1.165, 1.54) is 0 Å². The van der Waals surface area contributed by atoms with Crippen LogP contribution in [0.2, 0.25) is 6.04 Å². The molecule has 0 heterocycles. The van der Waals surface area contributed by atoms with Gasteiger partial charge in [-0.15, -0.1) is 0 Å². The average Bonchev–Trinajstić information content (AvgIpc) is 2.36. The Hall–Kier alpha value is -0.693. The molecule has 19 heavy (non-hydrogen) atoms. The lowest BCUT2D eigenvalue weighted by atomic mass is 10.2. The molecule has 0 aromatic rings. The molecule has 0 saturated carbocycles. The zero-order chi connectivity index (χ0) is 14.7. The van der Waals surface area contributed by atoms with Crippen molar-refractivity contribution in [3.05, 3.63) is 12.7 Å². The zero-order valence-corrected chi connectivity index (χ0v) is 13.4. The Morgan fingerprint density at radius 1 is 1.16 bits per heavy atom. The maximum absolute atomic E-state index is 11.0. The van der Waals surface area contributed by atoms with E-state index < -0.39 is 14.8 Å². The number of hydrogen-bond donors (Lipinski definition) is 0. The predicted octanol–water partition coefficient (Wildman–Crippen LogP) is 2.40. The van der Waals surface area contributed by atoms with Crippen molar-refractivity contribution in [2.75, 3.05) is 26.4 Å². The Morgan fingerprint density at radius 2 is 1.63 bits per heavy atom. The molecule has 6 heteroatoms. The third kappa shape index (κ3) is 7.46. The molecule has 1 atom stereocenters. The van der Waals surface area contributed by atoms with Gasteiger partial charge in [0, 0.05) is 31.9 Å². The van der Waals surface area contributed by atoms with E-state index in [-0.39, 0.29) is 5.92 Å². The third-order valence-corrected chi connectivity index (χ3v) is 5.75. The van der Waals surface area contributed by atoms with Gasteiger partial charge in [0.15, 0.2) is 0 Å². The normalized spacial score (nSPS) is 13.1. The topological polar surface area (TPSA) is 54.0 Å². The van der Waals surface area contributed by atoms with Crippen LogP contribution in [-0.2, 0) is 22.8 Å². The van der Waals surface area contributed by atoms with Gasteiger partial charge in [-0.2, -0.15) is 0 Å². The molecule has 0 N–H and O–H groups in total. The SMILES string of the molecule is C=CC(=O)OCC(C)C[Si](OCC)(OCC)OCC. The number of ether oxygens (including phenoxy) is 1. The van der Waals surface area contributed by atoms with Crippen molar-refractivity contribution < 1.29 is 22.8 Å². The van der Waals surface area contributed by atoms with Crippen LogP contribution in [0.3, 0.4) is 0 Å². The summed E-state index contributed by atoms with van der Waals surface area (Å²) in [6.07, 6.45) is 1.16. The molecule has 0 amide bonds. The van der Waals surface area contributed by atoms with Crippen LogP contribution in [0.25, 0.3) is 0 Å². The van der Waals surface area contributed by atoms with Crippen LogP contribution in [0.4, 0.5) is 0 Å². The van der Waals surface area contributed by atoms with Gasteiger partial charge in [0.05, 0.1) is 6.61 Å². The van der Waals surface area contributed by atoms with Gasteiger partial charge in [-0.25, -0.2) is 4.79 Å². The van der Waals surface area contributed by atoms with E-state index in [0.717, 1.165) is 6.08 Å². The zero-order valence-electron chi connectivity index (χ0n) is 12.4. The summed E-state index contributed by atoms with van der Waals surface area (Å²) >= 11 is 0. The molecule has 0 fully saturated rings. The first-order chi connectivity index (χ1) is 9.03. The van der Waals surface area contributed by atoms with Gasteiger partial charge in [-0.3, -0.25) is 0 Å². The second-order valence-corrected chi connectivity index (χ2v) is 6.77. The number of esters is 1. The van der Waals surface area contributed by atoms with Gasteiger partial charge in [0.25, 0.3) is 0 Å². The number of rotatable bonds is 11. The molecule has 0 spiro atoms. The molecule has 0 aliphatic rings. The van der Waals surface area contributed by atoms with Gasteiger partial charge < -0.3 is 18.0 Å². The largest absolute Gasteiger partial charge is 0.501 e. The molecule has 0 saturated heterocycles. The fraction of sp³-hybridized carbons (Fsp3) is 0.769. The van der Waals surface area contributed by atoms with E-state index >= 15 is 0 Å². The van der Waals surface area contributed by atoms with Crippen LogP contribution in [-0.4, -0.2) is 41.2 Å². The van der Waals surface area contributed by atoms with Crippen LogP contribution in [0.15, 0.2) is 12.7 Å². The summed E-state index contributed by atoms with van der Waals surface area (Å²) in [4.78, 5) is 11.0. The summed E-state index contributed by atoms with van der Waals surface area (Å²) in [5, 5.41) is 0. The molecular formula is C13H26O5Si. The van der Waals surface area contributed by atoms with E-state index in [9.17, 15) is 4.79 Å². The maximum atomic E-state index is 11.0. The molecule has 0 bridgehead atoms. The van der Waals surface area contributed by atoms with Crippen LogP contribution in [0, 0.1) is 5.92 Å². The Labute approximate surface area is 117 Å². The van der Waals surface area contributed by atoms with Crippen LogP contribution >= 0.6 is 0 Å². The van der Waals surface area contributed by atoms with Crippen LogP contribution < -0.4 is 0 Å². The molecule has 5 nitrogen and oxygen atoms in total. The van der Waals surface area contributed by atoms with E-state index in [4.69, 9.17) is 18.0 Å². The van der Waals surface area contributed by atoms with E-state index in [1.807, 2.05) is 27.7 Å². The highest BCUT2D eigenvalue weighted by molar-refractivity contribution is 6.60. The van der Waals surface area contributed by atoms with Crippen molar-refractivity contribution in [3.8, 4) is 0 Å². The average molecular weight is 290 g/mol. The third-order valence-electron chi connectivity index (χ3n) is 2.37. The van der Waals surface area contributed by atoms with Crippen molar-refractivity contribution in [1.29, 1.82) is 0 Å². The Bertz CT molecular complexity index is 253. The Kier molecular flexibility index (Phi) is 9.77. The van der Waals surface area contributed by atoms with Crippen molar-refractivity contribution in [1.82, 2.24) is 0 Å². The fourth-order valence-electron chi connectivity index (χ4n) is 1.73. The summed E-state index contributed by atoms with van der Waals surface area (Å²) in [5.41, 5.74) is 0. The summed E-state index contributed by atoms with van der Waals surface area (Å²) in [6, 6.07) is 0.632. The molecule has 0 aromatic heterocycles. The first-order valence-electron chi connectivity index (χ1n) is 6.74. The van der Waals surface area contributed by atoms with Gasteiger partial charge in [-0.05, 0) is 26.7 Å². The minimum absolute atomic E-state index is 0.111. The maximum Gasteiger partial charge on any atom is 0.501 e. The lowest BCUT2D eigenvalue weighted by Gasteiger charge is -2.30. The van der Waals surface area contributed by atoms with Gasteiger partial charge in [0.1, 0.15) is 0 Å². The van der Waals surface area contributed by atoms with Crippen molar-refractivity contribution in [2.24, 2.45) is 5.92 Å². The molecule has 0 rings (SSSR count). The van der Waals surface area contributed by atoms with Crippen LogP contribution in [0.1, 0.15) is 27.7 Å². The number of carbonyl (C=O) groups is 1. The Morgan fingerprint density at radius 3 is 2.00 bits per heavy atom. The molecule has 0 radical (unpaired) electrons. The first-order valence-corrected chi connectivity index (χ1v) is 8.67. The second-order valence-electron chi connectivity index (χ2n) is 4.13. The second kappa shape index (κ2) is 10.1. The van der Waals surface area contributed by atoms with E-state index in [2.05, 4.69) is 6.58 Å². The van der Waals surface area contributed by atoms with Crippen molar-refractivity contribution >= 4 is 14.8 Å². The fourth-order valence-corrected chi connectivity index (χ4v) is 4.62. The minimum Gasteiger partial charge on any atom is -0.462 e. The van der Waals surface area contributed by atoms with Crippen molar-refractivity contribution in [2.45, 2.75) is 33.7 Å². The smallest absolute Gasteiger partial charge is 0.462 e. The van der Waals surface area contributed by atoms with Gasteiger partial charge in [0.2, 0.25) is 0 Å². The number of hydrogen-bond acceptors (Lipinski definition) is 5. The number of carbonyl (C=O) groups excluding carboxylic acids is 1. The summed E-state index contributed by atoms with van der Waals surface area (Å²) < 4.78 is 22.3. The van der Waals surface area contributed by atoms with E-state index in [1.54, 1.807) is 0 Å². The highest BCUT2D eigenvalue weighted by Crippen LogP contribution is 2.22. The molecule has 0 aromatic carbocycles. The lowest BCUT2D eigenvalue weighted by molar-refractivity contribution is -0.138. The molecule has 1 unspecified atom stereocenters. The first kappa shape index (κ1) is 18.3. The highest BCUT2D eigenvalue weighted by Gasteiger charge is 2.41. The van der Waals surface area contributed by atoms with Gasteiger partial charge in [-0.1, -0.05) is 13.5 Å². The van der Waals surface area contributed by atoms with Crippen molar-refractivity contribution in [3.63, 3.8) is 0 Å². The molecule has 0 aliphatic heterocycles. The van der Waals surface area contributed by atoms with Gasteiger partial charge >= 0.3 is 14.8 Å². The van der Waals surface area contributed by atoms with E-state index in [0.29, 0.717) is 32.5 Å². The monoisotopic (exact) mass is 290 g/mol. The quantitative estimate of drug-likeness (QED) is 0.332. The highest BCUT2D eigenvalue weighted by atomic mass is 28.4. The minimum atomic E-state index is -2.66. The van der Waals surface area contributed by atoms with Crippen LogP contribution in [0.5, 0.6) is 0 Å². The molecular weight excluding hydrogens is 264 g/mol. The predicted molar refractivity (Wildman–Crippen MR) is 75.8 cm³/mol. The lowest BCUT2D eigenvalue weighted by Crippen LogP contribution is -2.47. The molecule has 112 valence electrons. The molecule has 0 aliphatic carbocycles. The summed E-state index contributed by atoms with van der Waals surface area (Å²) in [5.74, 6) is -0.302. The Balaban J connectivity index is 4.50. The summed E-state index contributed by atoms with van der Waals surface area (Å²) in [6.45, 7) is 13.1. The standard InChI is InChI=1S/C13H26O5Si/c1-6-13(14)15-10-12(5)11-19(16-7-2,17-8-3)18-9-4/h6,12H,1,7-11H2,2-5H3. The summed E-state index contributed by atoms with van der Waals surface area (Å²) in [7, 11) is -2.66.